The number of esters is 2. The van der Waals surface area contributed by atoms with Gasteiger partial charge in [-0.3, -0.25) is 0 Å². The van der Waals surface area contributed by atoms with Gasteiger partial charge in [0.1, 0.15) is 0 Å². The molecule has 0 amide bonds. The first-order valence-corrected chi connectivity index (χ1v) is 6.70. The van der Waals surface area contributed by atoms with Crippen LogP contribution in [0.4, 0.5) is 5.69 Å². The van der Waals surface area contributed by atoms with Crippen LogP contribution < -0.4 is 4.90 Å². The first-order chi connectivity index (χ1) is 9.95. The minimum Gasteiger partial charge on any atom is -0.466 e. The van der Waals surface area contributed by atoms with Crippen molar-refractivity contribution in [3.05, 3.63) is 29.8 Å². The summed E-state index contributed by atoms with van der Waals surface area (Å²) in [6.07, 6.45) is 0. The molecule has 0 radical (unpaired) electrons. The molecule has 0 saturated heterocycles. The normalized spacial score (nSPS) is 10.9. The zero-order chi connectivity index (χ0) is 16.0. The molecule has 1 aromatic carbocycles. The Morgan fingerprint density at radius 3 is 1.81 bits per heavy atom. The Morgan fingerprint density at radius 2 is 1.48 bits per heavy atom. The van der Waals surface area contributed by atoms with Crippen LogP contribution in [0.1, 0.15) is 19.4 Å². The van der Waals surface area contributed by atoms with Crippen LogP contribution in [-0.4, -0.2) is 44.4 Å². The van der Waals surface area contributed by atoms with Gasteiger partial charge in [0.15, 0.2) is 0 Å². The Kier molecular flexibility index (Phi) is 5.72. The van der Waals surface area contributed by atoms with Crippen LogP contribution in [0.15, 0.2) is 24.3 Å². The fraction of sp³-hybridized carbons (Fsp3) is 0.467. The van der Waals surface area contributed by atoms with Crippen LogP contribution in [0.2, 0.25) is 0 Å². The highest BCUT2D eigenvalue weighted by Gasteiger charge is 2.48. The summed E-state index contributed by atoms with van der Waals surface area (Å²) in [5.74, 6) is -2.16. The predicted octanol–water partition coefficient (Wildman–Crippen LogP) is 1.07. The van der Waals surface area contributed by atoms with Gasteiger partial charge in [0.2, 0.25) is 0 Å². The molecule has 0 bridgehead atoms. The first-order valence-electron chi connectivity index (χ1n) is 6.70. The SMILES string of the molecule is CCN(CC)c1ccc(C(O)(C(=O)OC)C(=O)OC)cc1. The van der Waals surface area contributed by atoms with Crippen LogP contribution in [-0.2, 0) is 24.7 Å². The lowest BCUT2D eigenvalue weighted by Gasteiger charge is -2.25. The maximum absolute atomic E-state index is 11.8. The van der Waals surface area contributed by atoms with E-state index in [1.165, 1.54) is 12.1 Å². The summed E-state index contributed by atoms with van der Waals surface area (Å²) < 4.78 is 9.03. The summed E-state index contributed by atoms with van der Waals surface area (Å²) in [4.78, 5) is 25.7. The molecule has 0 atom stereocenters. The largest absolute Gasteiger partial charge is 0.466 e. The second-order valence-electron chi connectivity index (χ2n) is 4.41. The van der Waals surface area contributed by atoms with Crippen molar-refractivity contribution in [1.29, 1.82) is 0 Å². The van der Waals surface area contributed by atoms with Gasteiger partial charge in [0.25, 0.3) is 5.60 Å². The molecule has 116 valence electrons. The molecule has 1 aromatic rings. The Morgan fingerprint density at radius 1 is 1.05 bits per heavy atom. The van der Waals surface area contributed by atoms with Gasteiger partial charge in [-0.1, -0.05) is 12.1 Å². The molecule has 0 aliphatic carbocycles. The fourth-order valence-electron chi connectivity index (χ4n) is 2.12. The van der Waals surface area contributed by atoms with E-state index in [0.29, 0.717) is 0 Å². The number of hydrogen-bond acceptors (Lipinski definition) is 6. The molecule has 0 fully saturated rings. The van der Waals surface area contributed by atoms with E-state index in [-0.39, 0.29) is 5.56 Å². The van der Waals surface area contributed by atoms with Crippen LogP contribution >= 0.6 is 0 Å². The van der Waals surface area contributed by atoms with E-state index in [4.69, 9.17) is 0 Å². The van der Waals surface area contributed by atoms with Crippen molar-refractivity contribution in [3.8, 4) is 0 Å². The highest BCUT2D eigenvalue weighted by Crippen LogP contribution is 2.27. The van der Waals surface area contributed by atoms with Crippen LogP contribution in [0.25, 0.3) is 0 Å². The van der Waals surface area contributed by atoms with Crippen LogP contribution in [0.5, 0.6) is 0 Å². The highest BCUT2D eigenvalue weighted by molar-refractivity contribution is 6.04. The van der Waals surface area contributed by atoms with Crippen LogP contribution in [0.3, 0.4) is 0 Å². The van der Waals surface area contributed by atoms with Crippen molar-refractivity contribution in [3.63, 3.8) is 0 Å². The zero-order valence-electron chi connectivity index (χ0n) is 12.8. The summed E-state index contributed by atoms with van der Waals surface area (Å²) in [5, 5.41) is 10.4. The minimum atomic E-state index is -2.45. The lowest BCUT2D eigenvalue weighted by Crippen LogP contribution is -2.45. The minimum absolute atomic E-state index is 0.108. The average Bonchev–Trinajstić information content (AvgIpc) is 2.54. The van der Waals surface area contributed by atoms with E-state index in [0.717, 1.165) is 33.0 Å². The number of rotatable bonds is 6. The molecular weight excluding hydrogens is 274 g/mol. The molecule has 0 aliphatic heterocycles. The van der Waals surface area contributed by atoms with Gasteiger partial charge in [0, 0.05) is 24.3 Å². The zero-order valence-corrected chi connectivity index (χ0v) is 12.8. The molecule has 0 unspecified atom stereocenters. The van der Waals surface area contributed by atoms with Gasteiger partial charge in [-0.05, 0) is 26.0 Å². The van der Waals surface area contributed by atoms with Crippen LogP contribution in [0, 0.1) is 0 Å². The highest BCUT2D eigenvalue weighted by atomic mass is 16.6. The Labute approximate surface area is 124 Å². The monoisotopic (exact) mass is 295 g/mol. The second kappa shape index (κ2) is 7.08. The molecule has 21 heavy (non-hydrogen) atoms. The summed E-state index contributed by atoms with van der Waals surface area (Å²) in [6.45, 7) is 5.70. The predicted molar refractivity (Wildman–Crippen MR) is 77.9 cm³/mol. The maximum Gasteiger partial charge on any atom is 0.354 e. The van der Waals surface area contributed by atoms with E-state index in [2.05, 4.69) is 14.4 Å². The number of nitrogens with zero attached hydrogens (tertiary/aromatic N) is 1. The Hall–Kier alpha value is -2.08. The van der Waals surface area contributed by atoms with E-state index in [9.17, 15) is 14.7 Å². The van der Waals surface area contributed by atoms with Crippen molar-refractivity contribution < 1.29 is 24.2 Å². The summed E-state index contributed by atoms with van der Waals surface area (Å²) in [7, 11) is 2.20. The third kappa shape index (κ3) is 3.16. The van der Waals surface area contributed by atoms with Gasteiger partial charge < -0.3 is 19.5 Å². The van der Waals surface area contributed by atoms with Crippen molar-refractivity contribution in [2.75, 3.05) is 32.2 Å². The molecule has 6 heteroatoms. The van der Waals surface area contributed by atoms with Gasteiger partial charge >= 0.3 is 11.9 Å². The molecule has 1 N–H and O–H groups in total. The molecule has 0 aliphatic rings. The third-order valence-corrected chi connectivity index (χ3v) is 3.38. The van der Waals surface area contributed by atoms with Gasteiger partial charge in [-0.25, -0.2) is 9.59 Å². The first kappa shape index (κ1) is 17.0. The number of methoxy groups -OCH3 is 2. The van der Waals surface area contributed by atoms with E-state index in [1.54, 1.807) is 12.1 Å². The number of carbonyl (C=O) groups excluding carboxylic acids is 2. The second-order valence-corrected chi connectivity index (χ2v) is 4.41. The van der Waals surface area contributed by atoms with Gasteiger partial charge in [0.05, 0.1) is 14.2 Å². The van der Waals surface area contributed by atoms with E-state index < -0.39 is 17.5 Å². The smallest absolute Gasteiger partial charge is 0.354 e. The number of benzene rings is 1. The standard InChI is InChI=1S/C15H21NO5/c1-5-16(6-2)12-9-7-11(8-10-12)15(19,13(17)20-3)14(18)21-4/h7-10,19H,5-6H2,1-4H3. The summed E-state index contributed by atoms with van der Waals surface area (Å²) >= 11 is 0. The van der Waals surface area contributed by atoms with Crippen molar-refractivity contribution in [2.24, 2.45) is 0 Å². The number of aliphatic hydroxyl groups is 1. The summed E-state index contributed by atoms with van der Waals surface area (Å²) in [5.41, 5.74) is -1.41. The summed E-state index contributed by atoms with van der Waals surface area (Å²) in [6, 6.07) is 6.50. The topological polar surface area (TPSA) is 76.1 Å². The quantitative estimate of drug-likeness (QED) is 0.625. The van der Waals surface area contributed by atoms with Gasteiger partial charge in [-0.15, -0.1) is 0 Å². The Bertz CT molecular complexity index is 477. The van der Waals surface area contributed by atoms with E-state index in [1.807, 2.05) is 13.8 Å². The van der Waals surface area contributed by atoms with Crippen molar-refractivity contribution >= 4 is 17.6 Å². The van der Waals surface area contributed by atoms with Gasteiger partial charge in [-0.2, -0.15) is 0 Å². The lowest BCUT2D eigenvalue weighted by molar-refractivity contribution is -0.181. The molecule has 6 nitrogen and oxygen atoms in total. The van der Waals surface area contributed by atoms with Crippen molar-refractivity contribution in [1.82, 2.24) is 0 Å². The Balaban J connectivity index is 3.22. The number of carbonyl (C=O) groups is 2. The lowest BCUT2D eigenvalue weighted by atomic mass is 9.93. The molecule has 0 spiro atoms. The number of anilines is 1. The molecule has 1 rings (SSSR count). The average molecular weight is 295 g/mol. The van der Waals surface area contributed by atoms with Crippen molar-refractivity contribution in [2.45, 2.75) is 19.4 Å². The van der Waals surface area contributed by atoms with E-state index >= 15 is 0 Å². The maximum atomic E-state index is 11.8. The number of ether oxygens (including phenoxy) is 2. The molecule has 0 aromatic heterocycles. The molecular formula is C15H21NO5. The molecule has 0 heterocycles. The fourth-order valence-corrected chi connectivity index (χ4v) is 2.12. The number of hydrogen-bond donors (Lipinski definition) is 1. The third-order valence-electron chi connectivity index (χ3n) is 3.38. The molecule has 0 saturated carbocycles.